The summed E-state index contributed by atoms with van der Waals surface area (Å²) < 4.78 is 10.4. The van der Waals surface area contributed by atoms with E-state index in [-0.39, 0.29) is 17.9 Å². The lowest BCUT2D eigenvalue weighted by Crippen LogP contribution is -2.34. The fourth-order valence-electron chi connectivity index (χ4n) is 1.60. The van der Waals surface area contributed by atoms with Gasteiger partial charge in [-0.3, -0.25) is 0 Å². The van der Waals surface area contributed by atoms with Crippen LogP contribution in [0.15, 0.2) is 18.2 Å². The van der Waals surface area contributed by atoms with Gasteiger partial charge in [0.2, 0.25) is 0 Å². The Morgan fingerprint density at radius 3 is 2.42 bits per heavy atom. The normalized spacial score (nSPS) is 11.2. The summed E-state index contributed by atoms with van der Waals surface area (Å²) in [6, 6.07) is 4.56. The summed E-state index contributed by atoms with van der Waals surface area (Å²) in [5.74, 6) is -0.412. The van der Waals surface area contributed by atoms with Crippen LogP contribution in [0.5, 0.6) is 11.5 Å². The molecule has 5 heteroatoms. The lowest BCUT2D eigenvalue weighted by atomic mass is 9.99. The maximum atomic E-state index is 11.2. The maximum absolute atomic E-state index is 11.2. The number of aliphatic hydroxyl groups is 1. The van der Waals surface area contributed by atoms with E-state index in [0.717, 1.165) is 0 Å². The third-order valence-corrected chi connectivity index (χ3v) is 3.23. The standard InChI is InChI=1S/C14H20O5/c1-4-14(17,5-2)9-19-12-7-6-10(18-3)8-11(12)13(15)16/h6-8,17H,4-5,9H2,1-3H3,(H,15,16). The number of benzene rings is 1. The molecule has 1 aromatic carbocycles. The van der Waals surface area contributed by atoms with Crippen molar-refractivity contribution < 1.29 is 24.5 Å². The Morgan fingerprint density at radius 1 is 1.32 bits per heavy atom. The van der Waals surface area contributed by atoms with Gasteiger partial charge in [-0.15, -0.1) is 0 Å². The number of carboxylic acids is 1. The van der Waals surface area contributed by atoms with Crippen molar-refractivity contribution in [1.29, 1.82) is 0 Å². The van der Waals surface area contributed by atoms with Gasteiger partial charge in [-0.25, -0.2) is 4.79 Å². The molecule has 0 aliphatic heterocycles. The van der Waals surface area contributed by atoms with Gasteiger partial charge < -0.3 is 19.7 Å². The molecule has 0 amide bonds. The number of carbonyl (C=O) groups is 1. The number of methoxy groups -OCH3 is 1. The van der Waals surface area contributed by atoms with Crippen molar-refractivity contribution in [2.24, 2.45) is 0 Å². The second kappa shape index (κ2) is 6.43. The highest BCUT2D eigenvalue weighted by Crippen LogP contribution is 2.26. The largest absolute Gasteiger partial charge is 0.497 e. The summed E-state index contributed by atoms with van der Waals surface area (Å²) in [4.78, 5) is 11.2. The van der Waals surface area contributed by atoms with E-state index in [9.17, 15) is 9.90 Å². The van der Waals surface area contributed by atoms with Crippen LogP contribution in [0.3, 0.4) is 0 Å². The predicted octanol–water partition coefficient (Wildman–Crippen LogP) is 2.32. The maximum Gasteiger partial charge on any atom is 0.339 e. The van der Waals surface area contributed by atoms with Crippen molar-refractivity contribution in [2.45, 2.75) is 32.3 Å². The van der Waals surface area contributed by atoms with Crippen LogP contribution in [0.2, 0.25) is 0 Å². The second-order valence-electron chi connectivity index (χ2n) is 4.39. The molecule has 1 rings (SSSR count). The fourth-order valence-corrected chi connectivity index (χ4v) is 1.60. The van der Waals surface area contributed by atoms with Gasteiger partial charge in [-0.2, -0.15) is 0 Å². The van der Waals surface area contributed by atoms with Gasteiger partial charge in [-0.1, -0.05) is 13.8 Å². The third kappa shape index (κ3) is 3.86. The molecule has 0 atom stereocenters. The van der Waals surface area contributed by atoms with Crippen molar-refractivity contribution in [3.05, 3.63) is 23.8 Å². The average Bonchev–Trinajstić information content (AvgIpc) is 2.44. The molecule has 106 valence electrons. The molecule has 0 radical (unpaired) electrons. The van der Waals surface area contributed by atoms with E-state index in [1.54, 1.807) is 6.07 Å². The highest BCUT2D eigenvalue weighted by Gasteiger charge is 2.24. The van der Waals surface area contributed by atoms with Gasteiger partial charge in [0, 0.05) is 0 Å². The van der Waals surface area contributed by atoms with Gasteiger partial charge in [0.15, 0.2) is 0 Å². The first-order chi connectivity index (χ1) is 8.95. The zero-order valence-corrected chi connectivity index (χ0v) is 11.5. The minimum atomic E-state index is -1.09. The first kappa shape index (κ1) is 15.3. The molecule has 0 saturated carbocycles. The number of hydrogen-bond acceptors (Lipinski definition) is 4. The van der Waals surface area contributed by atoms with E-state index < -0.39 is 11.6 Å². The quantitative estimate of drug-likeness (QED) is 0.793. The first-order valence-corrected chi connectivity index (χ1v) is 6.22. The summed E-state index contributed by atoms with van der Waals surface area (Å²) in [7, 11) is 1.47. The molecule has 0 fully saturated rings. The molecule has 1 aromatic rings. The van der Waals surface area contributed by atoms with Crippen molar-refractivity contribution in [3.8, 4) is 11.5 Å². The van der Waals surface area contributed by atoms with E-state index in [0.29, 0.717) is 18.6 Å². The SMILES string of the molecule is CCC(O)(CC)COc1ccc(OC)cc1C(=O)O. The van der Waals surface area contributed by atoms with Crippen LogP contribution in [0.4, 0.5) is 0 Å². The van der Waals surface area contributed by atoms with Crippen LogP contribution >= 0.6 is 0 Å². The Labute approximate surface area is 112 Å². The van der Waals surface area contributed by atoms with Crippen LogP contribution in [-0.2, 0) is 0 Å². The number of aromatic carboxylic acids is 1. The predicted molar refractivity (Wildman–Crippen MR) is 71.0 cm³/mol. The number of carboxylic acid groups (broad SMARTS) is 1. The topological polar surface area (TPSA) is 76.0 Å². The molecule has 5 nitrogen and oxygen atoms in total. The van der Waals surface area contributed by atoms with Gasteiger partial charge in [0.05, 0.1) is 12.7 Å². The molecule has 0 spiro atoms. The molecule has 0 aliphatic rings. The smallest absolute Gasteiger partial charge is 0.339 e. The summed E-state index contributed by atoms with van der Waals surface area (Å²) in [5.41, 5.74) is -0.913. The monoisotopic (exact) mass is 268 g/mol. The molecule has 0 aromatic heterocycles. The lowest BCUT2D eigenvalue weighted by Gasteiger charge is -2.25. The summed E-state index contributed by atoms with van der Waals surface area (Å²) in [6.07, 6.45) is 1.09. The van der Waals surface area contributed by atoms with Gasteiger partial charge in [-0.05, 0) is 31.0 Å². The van der Waals surface area contributed by atoms with Crippen LogP contribution in [-0.4, -0.2) is 35.5 Å². The van der Waals surface area contributed by atoms with Crippen molar-refractivity contribution in [1.82, 2.24) is 0 Å². The minimum absolute atomic E-state index is 0.0221. The Kier molecular flexibility index (Phi) is 5.18. The number of ether oxygens (including phenoxy) is 2. The number of rotatable bonds is 7. The zero-order valence-electron chi connectivity index (χ0n) is 11.5. The molecule has 0 aliphatic carbocycles. The Morgan fingerprint density at radius 2 is 1.95 bits per heavy atom. The molecule has 0 unspecified atom stereocenters. The molecule has 0 saturated heterocycles. The third-order valence-electron chi connectivity index (χ3n) is 3.23. The summed E-state index contributed by atoms with van der Waals surface area (Å²) in [5, 5.41) is 19.3. The molecule has 0 bridgehead atoms. The average molecular weight is 268 g/mol. The van der Waals surface area contributed by atoms with E-state index in [1.807, 2.05) is 13.8 Å². The van der Waals surface area contributed by atoms with Crippen LogP contribution in [0, 0.1) is 0 Å². The van der Waals surface area contributed by atoms with E-state index in [2.05, 4.69) is 0 Å². The van der Waals surface area contributed by atoms with Crippen molar-refractivity contribution >= 4 is 5.97 Å². The Hall–Kier alpha value is -1.75. The van der Waals surface area contributed by atoms with Crippen LogP contribution < -0.4 is 9.47 Å². The summed E-state index contributed by atoms with van der Waals surface area (Å²) in [6.45, 7) is 3.78. The lowest BCUT2D eigenvalue weighted by molar-refractivity contribution is -0.0117. The zero-order chi connectivity index (χ0) is 14.5. The highest BCUT2D eigenvalue weighted by molar-refractivity contribution is 5.91. The minimum Gasteiger partial charge on any atom is -0.497 e. The molecule has 0 heterocycles. The molecule has 2 N–H and O–H groups in total. The van der Waals surface area contributed by atoms with Crippen molar-refractivity contribution in [3.63, 3.8) is 0 Å². The van der Waals surface area contributed by atoms with Crippen LogP contribution in [0.1, 0.15) is 37.0 Å². The first-order valence-electron chi connectivity index (χ1n) is 6.22. The van der Waals surface area contributed by atoms with Gasteiger partial charge >= 0.3 is 5.97 Å². The van der Waals surface area contributed by atoms with E-state index in [4.69, 9.17) is 14.6 Å². The fraction of sp³-hybridized carbons (Fsp3) is 0.500. The Balaban J connectivity index is 2.92. The number of hydrogen-bond donors (Lipinski definition) is 2. The molecule has 19 heavy (non-hydrogen) atoms. The van der Waals surface area contributed by atoms with E-state index >= 15 is 0 Å². The molecular weight excluding hydrogens is 248 g/mol. The molecular formula is C14H20O5. The second-order valence-corrected chi connectivity index (χ2v) is 4.39. The Bertz CT molecular complexity index is 437. The van der Waals surface area contributed by atoms with Gasteiger partial charge in [0.25, 0.3) is 0 Å². The van der Waals surface area contributed by atoms with Crippen LogP contribution in [0.25, 0.3) is 0 Å². The van der Waals surface area contributed by atoms with Crippen molar-refractivity contribution in [2.75, 3.05) is 13.7 Å². The van der Waals surface area contributed by atoms with Gasteiger partial charge in [0.1, 0.15) is 23.7 Å². The highest BCUT2D eigenvalue weighted by atomic mass is 16.5. The van der Waals surface area contributed by atoms with E-state index in [1.165, 1.54) is 19.2 Å². The summed E-state index contributed by atoms with van der Waals surface area (Å²) >= 11 is 0.